The van der Waals surface area contributed by atoms with Crippen LogP contribution in [0.15, 0.2) is 29.2 Å². The molecule has 2 rings (SSSR count). The van der Waals surface area contributed by atoms with E-state index in [1.807, 2.05) is 0 Å². The van der Waals surface area contributed by atoms with Gasteiger partial charge in [-0.25, -0.2) is 8.42 Å². The lowest BCUT2D eigenvalue weighted by molar-refractivity contribution is -0.119. The first-order valence-electron chi connectivity index (χ1n) is 6.87. The van der Waals surface area contributed by atoms with Crippen LogP contribution in [-0.2, 0) is 14.6 Å². The number of hydrogen-bond acceptors (Lipinski definition) is 4. The molecule has 1 amide bonds. The van der Waals surface area contributed by atoms with E-state index >= 15 is 0 Å². The molecule has 1 heterocycles. The van der Waals surface area contributed by atoms with Crippen molar-refractivity contribution < 1.29 is 13.2 Å². The van der Waals surface area contributed by atoms with Gasteiger partial charge in [-0.1, -0.05) is 18.5 Å². The van der Waals surface area contributed by atoms with Crippen LogP contribution in [0.5, 0.6) is 0 Å². The molecule has 2 N–H and O–H groups in total. The molecule has 8 heteroatoms. The van der Waals surface area contributed by atoms with E-state index in [1.165, 1.54) is 24.3 Å². The number of benzene rings is 1. The minimum absolute atomic E-state index is 0. The molecular formula is C14H20Cl2N2O3S. The maximum absolute atomic E-state index is 12.2. The number of hydrogen-bond donors (Lipinski definition) is 2. The number of carbonyl (C=O) groups excluding carboxylic acids is 1. The van der Waals surface area contributed by atoms with Crippen LogP contribution >= 0.6 is 24.0 Å². The van der Waals surface area contributed by atoms with Crippen LogP contribution in [0.4, 0.5) is 0 Å². The third-order valence-corrected chi connectivity index (χ3v) is 5.55. The fourth-order valence-electron chi connectivity index (χ4n) is 2.33. The van der Waals surface area contributed by atoms with Crippen molar-refractivity contribution in [1.82, 2.24) is 10.6 Å². The zero-order chi connectivity index (χ0) is 15.5. The highest BCUT2D eigenvalue weighted by Crippen LogP contribution is 2.16. The summed E-state index contributed by atoms with van der Waals surface area (Å²) >= 11 is 5.73. The molecule has 0 saturated carbocycles. The van der Waals surface area contributed by atoms with Gasteiger partial charge in [0.2, 0.25) is 5.91 Å². The molecule has 2 unspecified atom stereocenters. The largest absolute Gasteiger partial charge is 0.351 e. The number of halogens is 2. The predicted molar refractivity (Wildman–Crippen MR) is 89.3 cm³/mol. The van der Waals surface area contributed by atoms with Crippen LogP contribution in [0.25, 0.3) is 0 Å². The third-order valence-electron chi connectivity index (χ3n) is 3.67. The summed E-state index contributed by atoms with van der Waals surface area (Å²) in [5, 5.41) is 6.45. The summed E-state index contributed by atoms with van der Waals surface area (Å²) in [5.74, 6) is -0.670. The van der Waals surface area contributed by atoms with Crippen molar-refractivity contribution in [3.8, 4) is 0 Å². The summed E-state index contributed by atoms with van der Waals surface area (Å²) in [5.41, 5.74) is 0. The zero-order valence-corrected chi connectivity index (χ0v) is 14.6. The normalized spacial score (nSPS) is 21.7. The smallest absolute Gasteiger partial charge is 0.235 e. The first-order valence-corrected chi connectivity index (χ1v) is 8.90. The molecule has 0 aliphatic carbocycles. The Morgan fingerprint density at radius 3 is 2.59 bits per heavy atom. The fraction of sp³-hybridized carbons (Fsp3) is 0.500. The molecule has 0 aromatic heterocycles. The van der Waals surface area contributed by atoms with E-state index in [1.54, 1.807) is 0 Å². The van der Waals surface area contributed by atoms with Crippen molar-refractivity contribution in [3.05, 3.63) is 29.3 Å². The predicted octanol–water partition coefficient (Wildman–Crippen LogP) is 1.65. The first-order chi connectivity index (χ1) is 9.88. The summed E-state index contributed by atoms with van der Waals surface area (Å²) in [6, 6.07) is 5.80. The maximum Gasteiger partial charge on any atom is 0.235 e. The van der Waals surface area contributed by atoms with E-state index in [-0.39, 0.29) is 23.3 Å². The van der Waals surface area contributed by atoms with Gasteiger partial charge in [0, 0.05) is 17.6 Å². The van der Waals surface area contributed by atoms with E-state index in [0.717, 1.165) is 13.0 Å². The third kappa shape index (κ3) is 5.12. The van der Waals surface area contributed by atoms with Crippen LogP contribution < -0.4 is 10.6 Å². The minimum Gasteiger partial charge on any atom is -0.351 e. The molecule has 124 valence electrons. The van der Waals surface area contributed by atoms with Gasteiger partial charge in [-0.2, -0.15) is 0 Å². The average molecular weight is 367 g/mol. The van der Waals surface area contributed by atoms with Crippen molar-refractivity contribution in [1.29, 1.82) is 0 Å². The number of nitrogens with one attached hydrogen (secondary N) is 2. The standard InChI is InChI=1S/C14H19ClN2O3S.ClH/c1-10-6-7-16-8-13(10)17-14(18)9-21(19,20)12-4-2-11(15)3-5-12;/h2-5,10,13,16H,6-9H2,1H3,(H,17,18);1H. The molecule has 1 aromatic rings. The SMILES string of the molecule is CC1CCNCC1NC(=O)CS(=O)(=O)c1ccc(Cl)cc1.Cl. The molecule has 1 aliphatic rings. The number of rotatable bonds is 4. The van der Waals surface area contributed by atoms with Gasteiger partial charge >= 0.3 is 0 Å². The Labute approximate surface area is 142 Å². The molecule has 2 atom stereocenters. The van der Waals surface area contributed by atoms with Gasteiger partial charge in [0.15, 0.2) is 9.84 Å². The molecule has 0 radical (unpaired) electrons. The van der Waals surface area contributed by atoms with Crippen molar-refractivity contribution >= 4 is 39.8 Å². The van der Waals surface area contributed by atoms with Crippen molar-refractivity contribution in [3.63, 3.8) is 0 Å². The van der Waals surface area contributed by atoms with Gasteiger partial charge in [-0.15, -0.1) is 12.4 Å². The fourth-order valence-corrected chi connectivity index (χ4v) is 3.60. The number of amides is 1. The lowest BCUT2D eigenvalue weighted by atomic mass is 9.95. The van der Waals surface area contributed by atoms with E-state index in [0.29, 0.717) is 17.5 Å². The lowest BCUT2D eigenvalue weighted by Crippen LogP contribution is -2.51. The maximum atomic E-state index is 12.2. The second kappa shape index (κ2) is 8.15. The van der Waals surface area contributed by atoms with Crippen LogP contribution in [0.2, 0.25) is 5.02 Å². The van der Waals surface area contributed by atoms with E-state index in [2.05, 4.69) is 17.6 Å². The number of sulfone groups is 1. The Bertz CT molecular complexity index is 605. The van der Waals surface area contributed by atoms with Crippen LogP contribution in [0.1, 0.15) is 13.3 Å². The summed E-state index contributed by atoms with van der Waals surface area (Å²) in [6.07, 6.45) is 0.967. The highest BCUT2D eigenvalue weighted by molar-refractivity contribution is 7.92. The number of piperidine rings is 1. The van der Waals surface area contributed by atoms with E-state index in [9.17, 15) is 13.2 Å². The van der Waals surface area contributed by atoms with Crippen molar-refractivity contribution in [2.24, 2.45) is 5.92 Å². The Morgan fingerprint density at radius 1 is 1.36 bits per heavy atom. The van der Waals surface area contributed by atoms with Crippen LogP contribution in [0, 0.1) is 5.92 Å². The average Bonchev–Trinajstić information content (AvgIpc) is 2.41. The lowest BCUT2D eigenvalue weighted by Gasteiger charge is -2.30. The second-order valence-corrected chi connectivity index (χ2v) is 7.78. The molecule has 0 bridgehead atoms. The summed E-state index contributed by atoms with van der Waals surface area (Å²) in [4.78, 5) is 12.1. The van der Waals surface area contributed by atoms with E-state index < -0.39 is 21.5 Å². The molecule has 1 fully saturated rings. The van der Waals surface area contributed by atoms with E-state index in [4.69, 9.17) is 11.6 Å². The van der Waals surface area contributed by atoms with Gasteiger partial charge in [-0.05, 0) is 43.1 Å². The van der Waals surface area contributed by atoms with Gasteiger partial charge in [0.1, 0.15) is 5.75 Å². The Morgan fingerprint density at radius 2 is 2.00 bits per heavy atom. The first kappa shape index (κ1) is 19.2. The molecule has 22 heavy (non-hydrogen) atoms. The topological polar surface area (TPSA) is 75.3 Å². The molecule has 1 aliphatic heterocycles. The molecule has 1 saturated heterocycles. The second-order valence-electron chi connectivity index (χ2n) is 5.36. The molecular weight excluding hydrogens is 347 g/mol. The molecule has 1 aromatic carbocycles. The van der Waals surface area contributed by atoms with Gasteiger partial charge in [0.25, 0.3) is 0 Å². The highest BCUT2D eigenvalue weighted by Gasteiger charge is 2.25. The van der Waals surface area contributed by atoms with Crippen molar-refractivity contribution in [2.75, 3.05) is 18.8 Å². The summed E-state index contributed by atoms with van der Waals surface area (Å²) in [7, 11) is -3.64. The monoisotopic (exact) mass is 366 g/mol. The Kier molecular flexibility index (Phi) is 7.12. The van der Waals surface area contributed by atoms with Gasteiger partial charge < -0.3 is 10.6 Å². The Hall–Kier alpha value is -0.820. The zero-order valence-electron chi connectivity index (χ0n) is 12.2. The quantitative estimate of drug-likeness (QED) is 0.849. The molecule has 0 spiro atoms. The minimum atomic E-state index is -3.64. The van der Waals surface area contributed by atoms with Gasteiger partial charge in [0.05, 0.1) is 4.90 Å². The Balaban J connectivity index is 0.00000242. The van der Waals surface area contributed by atoms with Crippen molar-refractivity contribution in [2.45, 2.75) is 24.3 Å². The van der Waals surface area contributed by atoms with Gasteiger partial charge in [-0.3, -0.25) is 4.79 Å². The highest BCUT2D eigenvalue weighted by atomic mass is 35.5. The van der Waals surface area contributed by atoms with Crippen LogP contribution in [-0.4, -0.2) is 39.2 Å². The van der Waals surface area contributed by atoms with Crippen LogP contribution in [0.3, 0.4) is 0 Å². The summed E-state index contributed by atoms with van der Waals surface area (Å²) < 4.78 is 24.3. The summed E-state index contributed by atoms with van der Waals surface area (Å²) in [6.45, 7) is 3.66. The molecule has 5 nitrogen and oxygen atoms in total. The number of carbonyl (C=O) groups is 1.